The number of carbonyl (C=O) groups is 3. The van der Waals surface area contributed by atoms with Gasteiger partial charge in [0.15, 0.2) is 0 Å². The molecule has 2 unspecified atom stereocenters. The van der Waals surface area contributed by atoms with Gasteiger partial charge in [0.05, 0.1) is 37.4 Å². The van der Waals surface area contributed by atoms with Gasteiger partial charge in [-0.25, -0.2) is 9.59 Å². The van der Waals surface area contributed by atoms with Crippen LogP contribution in [0.3, 0.4) is 0 Å². The number of carbonyl (C=O) groups excluding carboxylic acids is 3. The van der Waals surface area contributed by atoms with Gasteiger partial charge in [0.25, 0.3) is 5.91 Å². The zero-order chi connectivity index (χ0) is 16.6. The highest BCUT2D eigenvalue weighted by atomic mass is 16.5. The van der Waals surface area contributed by atoms with E-state index >= 15 is 0 Å². The van der Waals surface area contributed by atoms with Crippen molar-refractivity contribution >= 4 is 17.8 Å². The van der Waals surface area contributed by atoms with Crippen molar-refractivity contribution in [2.24, 2.45) is 0 Å². The molecule has 0 N–H and O–H groups in total. The van der Waals surface area contributed by atoms with E-state index in [9.17, 15) is 14.4 Å². The summed E-state index contributed by atoms with van der Waals surface area (Å²) in [7, 11) is 2.48. The van der Waals surface area contributed by atoms with Crippen LogP contribution >= 0.6 is 0 Å². The molecule has 0 spiro atoms. The van der Waals surface area contributed by atoms with Crippen LogP contribution in [0.25, 0.3) is 0 Å². The smallest absolute Gasteiger partial charge is 0.336 e. The molecular weight excluding hydrogens is 298 g/mol. The van der Waals surface area contributed by atoms with Gasteiger partial charge in [0, 0.05) is 5.56 Å². The van der Waals surface area contributed by atoms with Crippen LogP contribution in [-0.4, -0.2) is 49.0 Å². The standard InChI is InChI=1S/C17H15NO5/c1-22-16(20)13-11-8-9-12(14(13)17(21)23-2)18(11)15(19)10-6-4-3-5-7-10/h3-9,11-12H,1-2H3. The van der Waals surface area contributed by atoms with Crippen LogP contribution in [0.4, 0.5) is 0 Å². The van der Waals surface area contributed by atoms with Crippen molar-refractivity contribution in [3.05, 3.63) is 59.2 Å². The third-order valence-corrected chi connectivity index (χ3v) is 4.02. The molecule has 1 aromatic carbocycles. The molecule has 0 saturated carbocycles. The second-order valence-corrected chi connectivity index (χ2v) is 5.16. The number of esters is 2. The second-order valence-electron chi connectivity index (χ2n) is 5.16. The SMILES string of the molecule is COC(=O)C1=C(C(=O)OC)C2C=CC1N2C(=O)c1ccccc1. The van der Waals surface area contributed by atoms with Gasteiger partial charge in [0.2, 0.25) is 0 Å². The van der Waals surface area contributed by atoms with Crippen LogP contribution in [0.5, 0.6) is 0 Å². The first-order valence-corrected chi connectivity index (χ1v) is 7.07. The van der Waals surface area contributed by atoms with Gasteiger partial charge >= 0.3 is 11.9 Å². The summed E-state index contributed by atoms with van der Waals surface area (Å²) >= 11 is 0. The van der Waals surface area contributed by atoms with Gasteiger partial charge < -0.3 is 14.4 Å². The molecule has 23 heavy (non-hydrogen) atoms. The van der Waals surface area contributed by atoms with E-state index in [1.165, 1.54) is 19.1 Å². The van der Waals surface area contributed by atoms with Crippen molar-refractivity contribution in [3.63, 3.8) is 0 Å². The predicted molar refractivity (Wildman–Crippen MR) is 80.4 cm³/mol. The maximum absolute atomic E-state index is 12.8. The van der Waals surface area contributed by atoms with E-state index < -0.39 is 24.0 Å². The topological polar surface area (TPSA) is 72.9 Å². The quantitative estimate of drug-likeness (QED) is 0.617. The third-order valence-electron chi connectivity index (χ3n) is 4.02. The van der Waals surface area contributed by atoms with Gasteiger partial charge in [0.1, 0.15) is 0 Å². The Kier molecular flexibility index (Phi) is 3.73. The molecule has 1 amide bonds. The summed E-state index contributed by atoms with van der Waals surface area (Å²) < 4.78 is 9.54. The van der Waals surface area contributed by atoms with Crippen LogP contribution in [0.1, 0.15) is 10.4 Å². The molecule has 0 radical (unpaired) electrons. The van der Waals surface area contributed by atoms with Crippen LogP contribution in [0.2, 0.25) is 0 Å². The normalized spacial score (nSPS) is 21.6. The lowest BCUT2D eigenvalue weighted by Crippen LogP contribution is -2.39. The maximum Gasteiger partial charge on any atom is 0.336 e. The van der Waals surface area contributed by atoms with E-state index in [1.807, 2.05) is 6.07 Å². The fraction of sp³-hybridized carbons (Fsp3) is 0.235. The molecule has 3 rings (SSSR count). The zero-order valence-electron chi connectivity index (χ0n) is 12.7. The van der Waals surface area contributed by atoms with E-state index in [0.717, 1.165) is 0 Å². The molecule has 2 atom stereocenters. The molecule has 0 aromatic heterocycles. The number of nitrogens with zero attached hydrogens (tertiary/aromatic N) is 1. The highest BCUT2D eigenvalue weighted by Crippen LogP contribution is 2.39. The van der Waals surface area contributed by atoms with E-state index in [2.05, 4.69) is 0 Å². The minimum absolute atomic E-state index is 0.163. The molecule has 0 saturated heterocycles. The summed E-state index contributed by atoms with van der Waals surface area (Å²) in [5, 5.41) is 0. The number of ether oxygens (including phenoxy) is 2. The Labute approximate surface area is 133 Å². The summed E-state index contributed by atoms with van der Waals surface area (Å²) in [6, 6.07) is 7.48. The molecule has 2 aliphatic rings. The molecule has 118 valence electrons. The predicted octanol–water partition coefficient (Wildman–Crippen LogP) is 1.09. The van der Waals surface area contributed by atoms with Crippen molar-refractivity contribution in [2.45, 2.75) is 12.1 Å². The Morgan fingerprint density at radius 3 is 1.78 bits per heavy atom. The van der Waals surface area contributed by atoms with Crippen LogP contribution < -0.4 is 0 Å². The van der Waals surface area contributed by atoms with Crippen LogP contribution in [-0.2, 0) is 19.1 Å². The number of fused-ring (bicyclic) bond motifs is 2. The second kappa shape index (κ2) is 5.72. The lowest BCUT2D eigenvalue weighted by Gasteiger charge is -2.24. The average molecular weight is 313 g/mol. The zero-order valence-corrected chi connectivity index (χ0v) is 12.7. The molecule has 1 aromatic rings. The lowest BCUT2D eigenvalue weighted by molar-refractivity contribution is -0.139. The fourth-order valence-electron chi connectivity index (χ4n) is 3.02. The molecule has 2 heterocycles. The van der Waals surface area contributed by atoms with Crippen molar-refractivity contribution in [3.8, 4) is 0 Å². The summed E-state index contributed by atoms with van der Waals surface area (Å²) in [5.74, 6) is -1.52. The number of amides is 1. The third kappa shape index (κ3) is 2.23. The number of hydrogen-bond donors (Lipinski definition) is 0. The van der Waals surface area contributed by atoms with Crippen molar-refractivity contribution in [2.75, 3.05) is 14.2 Å². The van der Waals surface area contributed by atoms with E-state index in [1.54, 1.807) is 36.4 Å². The first-order chi connectivity index (χ1) is 11.1. The molecule has 0 aliphatic carbocycles. The summed E-state index contributed by atoms with van der Waals surface area (Å²) in [4.78, 5) is 38.4. The van der Waals surface area contributed by atoms with Gasteiger partial charge in [-0.15, -0.1) is 0 Å². The highest BCUT2D eigenvalue weighted by molar-refractivity contribution is 6.08. The van der Waals surface area contributed by atoms with Gasteiger partial charge in [-0.3, -0.25) is 4.79 Å². The minimum Gasteiger partial charge on any atom is -0.466 e. The number of hydrogen-bond acceptors (Lipinski definition) is 5. The Hall–Kier alpha value is -2.89. The van der Waals surface area contributed by atoms with Crippen LogP contribution in [0.15, 0.2) is 53.6 Å². The minimum atomic E-state index is -0.631. The monoisotopic (exact) mass is 313 g/mol. The summed E-state index contributed by atoms with van der Waals surface area (Å²) in [5.41, 5.74) is 0.814. The molecule has 6 heteroatoms. The van der Waals surface area contributed by atoms with Crippen LogP contribution in [0, 0.1) is 0 Å². The highest BCUT2D eigenvalue weighted by Gasteiger charge is 2.50. The number of benzene rings is 1. The number of methoxy groups -OCH3 is 2. The Bertz CT molecular complexity index is 699. The largest absolute Gasteiger partial charge is 0.466 e. The molecule has 6 nitrogen and oxygen atoms in total. The van der Waals surface area contributed by atoms with E-state index in [-0.39, 0.29) is 17.1 Å². The van der Waals surface area contributed by atoms with Gasteiger partial charge in [-0.05, 0) is 12.1 Å². The number of rotatable bonds is 3. The van der Waals surface area contributed by atoms with E-state index in [4.69, 9.17) is 9.47 Å². The molecule has 2 bridgehead atoms. The first-order valence-electron chi connectivity index (χ1n) is 7.07. The van der Waals surface area contributed by atoms with Crippen molar-refractivity contribution < 1.29 is 23.9 Å². The summed E-state index contributed by atoms with van der Waals surface area (Å²) in [6.45, 7) is 0. The Morgan fingerprint density at radius 1 is 0.870 bits per heavy atom. The first kappa shape index (κ1) is 15.0. The van der Waals surface area contributed by atoms with Gasteiger partial charge in [-0.2, -0.15) is 0 Å². The molecule has 0 fully saturated rings. The lowest BCUT2D eigenvalue weighted by atomic mass is 9.97. The van der Waals surface area contributed by atoms with Gasteiger partial charge in [-0.1, -0.05) is 30.4 Å². The average Bonchev–Trinajstić information content (AvgIpc) is 3.16. The maximum atomic E-state index is 12.8. The molecular formula is C17H15NO5. The molecule has 2 aliphatic heterocycles. The van der Waals surface area contributed by atoms with Crippen molar-refractivity contribution in [1.82, 2.24) is 4.90 Å². The van der Waals surface area contributed by atoms with E-state index in [0.29, 0.717) is 5.56 Å². The summed E-state index contributed by atoms with van der Waals surface area (Å²) in [6.07, 6.45) is 3.45. The Balaban J connectivity index is 2.01. The van der Waals surface area contributed by atoms with Crippen molar-refractivity contribution in [1.29, 1.82) is 0 Å². The Morgan fingerprint density at radius 2 is 1.35 bits per heavy atom. The fourth-order valence-corrected chi connectivity index (χ4v) is 3.02.